The van der Waals surface area contributed by atoms with Gasteiger partial charge in [-0.15, -0.1) is 35.3 Å². The molecule has 1 fully saturated rings. The first-order valence-corrected chi connectivity index (χ1v) is 10.9. The number of aliphatic imine (C=N–C) groups is 1. The molecule has 28 heavy (non-hydrogen) atoms. The molecule has 0 saturated carbocycles. The van der Waals surface area contributed by atoms with Crippen molar-refractivity contribution < 1.29 is 4.74 Å². The van der Waals surface area contributed by atoms with Crippen LogP contribution in [0.25, 0.3) is 0 Å². The van der Waals surface area contributed by atoms with Crippen molar-refractivity contribution in [1.82, 2.24) is 20.5 Å². The fourth-order valence-electron chi connectivity index (χ4n) is 3.18. The van der Waals surface area contributed by atoms with E-state index in [0.717, 1.165) is 64.4 Å². The molecule has 0 aliphatic carbocycles. The molecule has 2 N–H and O–H groups in total. The van der Waals surface area contributed by atoms with Crippen LogP contribution in [0.5, 0.6) is 0 Å². The molecule has 1 aliphatic heterocycles. The fourth-order valence-corrected chi connectivity index (χ4v) is 4.20. The van der Waals surface area contributed by atoms with Gasteiger partial charge in [-0.1, -0.05) is 20.8 Å². The van der Waals surface area contributed by atoms with E-state index in [9.17, 15) is 0 Å². The molecule has 0 spiro atoms. The summed E-state index contributed by atoms with van der Waals surface area (Å²) in [5.41, 5.74) is 1.31. The minimum absolute atomic E-state index is 0. The maximum absolute atomic E-state index is 5.14. The van der Waals surface area contributed by atoms with Crippen molar-refractivity contribution in [2.45, 2.75) is 57.9 Å². The first-order chi connectivity index (χ1) is 12.9. The molecule has 6 nitrogen and oxygen atoms in total. The Hall–Kier alpha value is -0.450. The molecule has 0 radical (unpaired) electrons. The van der Waals surface area contributed by atoms with E-state index < -0.39 is 0 Å². The lowest BCUT2D eigenvalue weighted by atomic mass is 9.93. The second-order valence-corrected chi connectivity index (χ2v) is 9.17. The molecule has 1 aromatic rings. The number of nitrogens with one attached hydrogen (secondary N) is 2. The Bertz CT molecular complexity index is 579. The topological polar surface area (TPSA) is 61.8 Å². The van der Waals surface area contributed by atoms with Crippen LogP contribution in [0.15, 0.2) is 10.4 Å². The van der Waals surface area contributed by atoms with Crippen LogP contribution in [0, 0.1) is 0 Å². The van der Waals surface area contributed by atoms with Gasteiger partial charge in [0.15, 0.2) is 5.96 Å². The Kier molecular flexibility index (Phi) is 11.9. The summed E-state index contributed by atoms with van der Waals surface area (Å²) < 4.78 is 5.14. The first-order valence-electron chi connectivity index (χ1n) is 10.1. The smallest absolute Gasteiger partial charge is 0.191 e. The standard InChI is InChI=1S/C20H37N5OS.HI/c1-20(2,3)17-15-27-18(24-17)7-10-22-19(21-4)23-16-8-12-25(13-9-16)11-6-14-26-5;/h15-16H,6-14H2,1-5H3,(H2,21,22,23);1H. The van der Waals surface area contributed by atoms with Crippen LogP contribution in [0.1, 0.15) is 50.7 Å². The van der Waals surface area contributed by atoms with E-state index in [1.165, 1.54) is 10.7 Å². The van der Waals surface area contributed by atoms with Crippen LogP contribution in [0.2, 0.25) is 0 Å². The lowest BCUT2D eigenvalue weighted by Crippen LogP contribution is -2.49. The summed E-state index contributed by atoms with van der Waals surface area (Å²) in [6.45, 7) is 11.8. The van der Waals surface area contributed by atoms with E-state index in [-0.39, 0.29) is 29.4 Å². The highest BCUT2D eigenvalue weighted by molar-refractivity contribution is 14.0. The van der Waals surface area contributed by atoms with Crippen LogP contribution in [-0.4, -0.2) is 68.8 Å². The van der Waals surface area contributed by atoms with Crippen molar-refractivity contribution in [3.63, 3.8) is 0 Å². The number of piperidine rings is 1. The number of hydrogen-bond donors (Lipinski definition) is 2. The largest absolute Gasteiger partial charge is 0.385 e. The van der Waals surface area contributed by atoms with E-state index in [2.05, 4.69) is 46.7 Å². The van der Waals surface area contributed by atoms with Gasteiger partial charge in [0.1, 0.15) is 0 Å². The number of thiazole rings is 1. The van der Waals surface area contributed by atoms with Gasteiger partial charge in [-0.3, -0.25) is 4.99 Å². The van der Waals surface area contributed by atoms with Crippen molar-refractivity contribution in [2.24, 2.45) is 4.99 Å². The highest BCUT2D eigenvalue weighted by Gasteiger charge is 2.20. The molecule has 162 valence electrons. The van der Waals surface area contributed by atoms with Gasteiger partial charge in [-0.2, -0.15) is 0 Å². The van der Waals surface area contributed by atoms with Gasteiger partial charge in [-0.25, -0.2) is 4.98 Å². The summed E-state index contributed by atoms with van der Waals surface area (Å²) in [6, 6.07) is 0.502. The third-order valence-corrected chi connectivity index (χ3v) is 5.83. The summed E-state index contributed by atoms with van der Waals surface area (Å²) in [5.74, 6) is 0.903. The Morgan fingerprint density at radius 3 is 2.64 bits per heavy atom. The Labute approximate surface area is 192 Å². The maximum atomic E-state index is 5.14. The van der Waals surface area contributed by atoms with Gasteiger partial charge in [0.05, 0.1) is 10.7 Å². The van der Waals surface area contributed by atoms with E-state index in [1.807, 2.05) is 7.05 Å². The molecule has 1 aromatic heterocycles. The number of ether oxygens (including phenoxy) is 1. The SMILES string of the molecule is CN=C(NCCc1nc(C(C)(C)C)cs1)NC1CCN(CCCOC)CC1.I. The van der Waals surface area contributed by atoms with E-state index in [4.69, 9.17) is 9.72 Å². The first kappa shape index (κ1) is 25.6. The number of halogens is 1. The van der Waals surface area contributed by atoms with Crippen LogP contribution in [0.3, 0.4) is 0 Å². The van der Waals surface area contributed by atoms with Crippen molar-refractivity contribution >= 4 is 41.3 Å². The average molecular weight is 524 g/mol. The van der Waals surface area contributed by atoms with Crippen LogP contribution >= 0.6 is 35.3 Å². The molecule has 1 saturated heterocycles. The Balaban J connectivity index is 0.00000392. The number of aromatic nitrogens is 1. The fraction of sp³-hybridized carbons (Fsp3) is 0.800. The summed E-state index contributed by atoms with van der Waals surface area (Å²) in [7, 11) is 3.61. The monoisotopic (exact) mass is 523 g/mol. The molecular formula is C20H38IN5OS. The molecule has 8 heteroatoms. The third-order valence-electron chi connectivity index (χ3n) is 4.93. The van der Waals surface area contributed by atoms with Gasteiger partial charge < -0.3 is 20.3 Å². The summed E-state index contributed by atoms with van der Waals surface area (Å²) in [4.78, 5) is 11.7. The molecular weight excluding hydrogens is 485 g/mol. The van der Waals surface area contributed by atoms with Crippen molar-refractivity contribution in [3.05, 3.63) is 16.1 Å². The minimum atomic E-state index is 0. The zero-order valence-electron chi connectivity index (χ0n) is 18.1. The second kappa shape index (κ2) is 13.0. The molecule has 2 heterocycles. The third kappa shape index (κ3) is 8.92. The van der Waals surface area contributed by atoms with Crippen molar-refractivity contribution in [1.29, 1.82) is 0 Å². The van der Waals surface area contributed by atoms with E-state index in [1.54, 1.807) is 18.4 Å². The lowest BCUT2D eigenvalue weighted by molar-refractivity contribution is 0.155. The zero-order chi connectivity index (χ0) is 19.7. The lowest BCUT2D eigenvalue weighted by Gasteiger charge is -2.33. The molecule has 0 bridgehead atoms. The highest BCUT2D eigenvalue weighted by atomic mass is 127. The normalized spacial score (nSPS) is 16.7. The summed E-state index contributed by atoms with van der Waals surface area (Å²) in [6.07, 6.45) is 4.37. The van der Waals surface area contributed by atoms with E-state index >= 15 is 0 Å². The number of guanidine groups is 1. The number of rotatable bonds is 8. The number of likely N-dealkylation sites (tertiary alicyclic amines) is 1. The molecule has 0 atom stereocenters. The van der Waals surface area contributed by atoms with Gasteiger partial charge in [0, 0.05) is 70.2 Å². The summed E-state index contributed by atoms with van der Waals surface area (Å²) in [5, 5.41) is 10.4. The van der Waals surface area contributed by atoms with Gasteiger partial charge in [0.2, 0.25) is 0 Å². The molecule has 1 aliphatic rings. The molecule has 0 amide bonds. The number of hydrogen-bond acceptors (Lipinski definition) is 5. The van der Waals surface area contributed by atoms with Crippen molar-refractivity contribution in [2.75, 3.05) is 46.9 Å². The average Bonchev–Trinajstić information content (AvgIpc) is 3.12. The Morgan fingerprint density at radius 1 is 1.36 bits per heavy atom. The van der Waals surface area contributed by atoms with Crippen LogP contribution in [-0.2, 0) is 16.6 Å². The van der Waals surface area contributed by atoms with Crippen LogP contribution in [0.4, 0.5) is 0 Å². The Morgan fingerprint density at radius 2 is 2.07 bits per heavy atom. The predicted octanol–water partition coefficient (Wildman–Crippen LogP) is 3.27. The van der Waals surface area contributed by atoms with Gasteiger partial charge in [-0.05, 0) is 19.3 Å². The predicted molar refractivity (Wildman–Crippen MR) is 130 cm³/mol. The minimum Gasteiger partial charge on any atom is -0.385 e. The van der Waals surface area contributed by atoms with E-state index in [0.29, 0.717) is 6.04 Å². The van der Waals surface area contributed by atoms with Gasteiger partial charge >= 0.3 is 0 Å². The number of methoxy groups -OCH3 is 1. The zero-order valence-corrected chi connectivity index (χ0v) is 21.2. The second-order valence-electron chi connectivity index (χ2n) is 8.23. The molecule has 0 unspecified atom stereocenters. The summed E-state index contributed by atoms with van der Waals surface area (Å²) >= 11 is 1.75. The maximum Gasteiger partial charge on any atom is 0.191 e. The molecule has 0 aromatic carbocycles. The van der Waals surface area contributed by atoms with Crippen LogP contribution < -0.4 is 10.6 Å². The highest BCUT2D eigenvalue weighted by Crippen LogP contribution is 2.23. The quantitative estimate of drug-likeness (QED) is 0.237. The van der Waals surface area contributed by atoms with Crippen molar-refractivity contribution in [3.8, 4) is 0 Å². The molecule has 2 rings (SSSR count). The number of nitrogens with zero attached hydrogens (tertiary/aromatic N) is 3. The van der Waals surface area contributed by atoms with Gasteiger partial charge in [0.25, 0.3) is 0 Å².